The summed E-state index contributed by atoms with van der Waals surface area (Å²) < 4.78 is 11.4. The van der Waals surface area contributed by atoms with Crippen molar-refractivity contribution in [3.63, 3.8) is 0 Å². The summed E-state index contributed by atoms with van der Waals surface area (Å²) in [5.41, 5.74) is 2.26. The Morgan fingerprint density at radius 1 is 1.00 bits per heavy atom. The van der Waals surface area contributed by atoms with Gasteiger partial charge in [-0.25, -0.2) is 0 Å². The van der Waals surface area contributed by atoms with Crippen molar-refractivity contribution in [2.75, 3.05) is 32.8 Å². The molecule has 2 aromatic rings. The molecule has 1 fully saturated rings. The Bertz CT molecular complexity index is 687. The molecule has 1 heterocycles. The Morgan fingerprint density at radius 3 is 2.60 bits per heavy atom. The Labute approximate surface area is 159 Å². The molecule has 1 aliphatic rings. The van der Waals surface area contributed by atoms with Crippen LogP contribution in [0.15, 0.2) is 42.5 Å². The summed E-state index contributed by atoms with van der Waals surface area (Å²) in [4.78, 5) is 2.46. The predicted molar refractivity (Wildman–Crippen MR) is 103 cm³/mol. The maximum absolute atomic E-state index is 6.07. The Hall–Kier alpha value is -1.26. The van der Waals surface area contributed by atoms with E-state index < -0.39 is 0 Å². The molecule has 5 heteroatoms. The first kappa shape index (κ1) is 18.5. The van der Waals surface area contributed by atoms with E-state index in [-0.39, 0.29) is 0 Å². The van der Waals surface area contributed by atoms with E-state index in [9.17, 15) is 0 Å². The van der Waals surface area contributed by atoms with Crippen LogP contribution >= 0.6 is 23.2 Å². The quantitative estimate of drug-likeness (QED) is 0.686. The summed E-state index contributed by atoms with van der Waals surface area (Å²) in [6.45, 7) is 5.36. The first-order valence-electron chi connectivity index (χ1n) is 8.67. The fourth-order valence-corrected chi connectivity index (χ4v) is 3.28. The molecule has 0 N–H and O–H groups in total. The fraction of sp³-hybridized carbons (Fsp3) is 0.400. The van der Waals surface area contributed by atoms with Crippen molar-refractivity contribution in [2.24, 2.45) is 0 Å². The molecular formula is C20H23Cl2NO2. The molecule has 1 saturated heterocycles. The van der Waals surface area contributed by atoms with Crippen LogP contribution < -0.4 is 4.74 Å². The highest BCUT2D eigenvalue weighted by Gasteiger charge is 2.10. The Balaban J connectivity index is 1.53. The van der Waals surface area contributed by atoms with Crippen LogP contribution in [0, 0.1) is 0 Å². The third-order valence-electron chi connectivity index (χ3n) is 4.38. The van der Waals surface area contributed by atoms with Crippen LogP contribution in [0.3, 0.4) is 0 Å². The van der Waals surface area contributed by atoms with Gasteiger partial charge >= 0.3 is 0 Å². The molecule has 0 radical (unpaired) electrons. The molecule has 0 aliphatic carbocycles. The second-order valence-electron chi connectivity index (χ2n) is 6.20. The van der Waals surface area contributed by atoms with Crippen LogP contribution in [-0.2, 0) is 17.8 Å². The van der Waals surface area contributed by atoms with Crippen LogP contribution in [0.5, 0.6) is 5.75 Å². The van der Waals surface area contributed by atoms with Gasteiger partial charge in [-0.15, -0.1) is 0 Å². The van der Waals surface area contributed by atoms with Crippen LogP contribution in [-0.4, -0.2) is 37.7 Å². The second-order valence-corrected chi connectivity index (χ2v) is 7.02. The third kappa shape index (κ3) is 5.61. The van der Waals surface area contributed by atoms with Crippen molar-refractivity contribution in [2.45, 2.75) is 19.4 Å². The number of nitrogens with zero attached hydrogens (tertiary/aromatic N) is 1. The smallest absolute Gasteiger partial charge is 0.122 e. The molecule has 3 nitrogen and oxygen atoms in total. The molecule has 0 spiro atoms. The lowest BCUT2D eigenvalue weighted by Gasteiger charge is -2.26. The monoisotopic (exact) mass is 379 g/mol. The van der Waals surface area contributed by atoms with E-state index in [4.69, 9.17) is 32.7 Å². The number of hydrogen-bond donors (Lipinski definition) is 0. The minimum absolute atomic E-state index is 0.483. The van der Waals surface area contributed by atoms with Crippen LogP contribution in [0.25, 0.3) is 0 Å². The highest BCUT2D eigenvalue weighted by Crippen LogP contribution is 2.25. The van der Waals surface area contributed by atoms with Crippen molar-refractivity contribution in [3.8, 4) is 5.75 Å². The molecular weight excluding hydrogens is 357 g/mol. The summed E-state index contributed by atoms with van der Waals surface area (Å²) >= 11 is 12.0. The van der Waals surface area contributed by atoms with Crippen molar-refractivity contribution in [1.29, 1.82) is 0 Å². The molecule has 3 rings (SSSR count). The van der Waals surface area contributed by atoms with Crippen molar-refractivity contribution in [3.05, 3.63) is 63.6 Å². The average molecular weight is 380 g/mol. The maximum Gasteiger partial charge on any atom is 0.122 e. The minimum atomic E-state index is 0.483. The standard InChI is InChI=1S/C20H23Cl2NO2/c21-18-8-7-16(14-19(18)22)15-25-20-6-2-1-4-17(20)5-3-9-23-10-12-24-13-11-23/h1-2,4,6-8,14H,3,5,9-13,15H2. The van der Waals surface area contributed by atoms with Gasteiger partial charge in [0, 0.05) is 13.1 Å². The van der Waals surface area contributed by atoms with Crippen molar-refractivity contribution < 1.29 is 9.47 Å². The molecule has 25 heavy (non-hydrogen) atoms. The summed E-state index contributed by atoms with van der Waals surface area (Å²) in [5, 5.41) is 1.12. The highest BCUT2D eigenvalue weighted by atomic mass is 35.5. The van der Waals surface area contributed by atoms with Gasteiger partial charge in [0.15, 0.2) is 0 Å². The summed E-state index contributed by atoms with van der Waals surface area (Å²) in [5.74, 6) is 0.940. The second kappa shape index (κ2) is 9.44. The minimum Gasteiger partial charge on any atom is -0.489 e. The molecule has 0 amide bonds. The average Bonchev–Trinajstić information content (AvgIpc) is 2.64. The molecule has 0 saturated carbocycles. The number of rotatable bonds is 7. The van der Waals surface area contributed by atoms with Gasteiger partial charge in [0.25, 0.3) is 0 Å². The summed E-state index contributed by atoms with van der Waals surface area (Å²) in [6.07, 6.45) is 2.13. The first-order chi connectivity index (χ1) is 12.2. The van der Waals surface area contributed by atoms with Gasteiger partial charge in [-0.05, 0) is 48.7 Å². The summed E-state index contributed by atoms with van der Waals surface area (Å²) in [6, 6.07) is 13.8. The lowest BCUT2D eigenvalue weighted by molar-refractivity contribution is 0.0374. The number of hydrogen-bond acceptors (Lipinski definition) is 3. The number of halogens is 2. The number of para-hydroxylation sites is 1. The topological polar surface area (TPSA) is 21.7 Å². The van der Waals surface area contributed by atoms with Crippen LogP contribution in [0.2, 0.25) is 10.0 Å². The molecule has 0 aromatic heterocycles. The molecule has 1 aliphatic heterocycles. The van der Waals surface area contributed by atoms with Gasteiger partial charge < -0.3 is 9.47 Å². The van der Waals surface area contributed by atoms with E-state index in [1.54, 1.807) is 6.07 Å². The van der Waals surface area contributed by atoms with E-state index in [2.05, 4.69) is 17.0 Å². The first-order valence-corrected chi connectivity index (χ1v) is 9.43. The number of morpholine rings is 1. The lowest BCUT2D eigenvalue weighted by atomic mass is 10.1. The number of benzene rings is 2. The Morgan fingerprint density at radius 2 is 1.80 bits per heavy atom. The molecule has 0 bridgehead atoms. The van der Waals surface area contributed by atoms with Gasteiger partial charge in [-0.2, -0.15) is 0 Å². The maximum atomic E-state index is 6.07. The zero-order valence-corrected chi connectivity index (χ0v) is 15.7. The van der Waals surface area contributed by atoms with E-state index in [0.717, 1.165) is 57.0 Å². The van der Waals surface area contributed by atoms with Gasteiger partial charge in [0.2, 0.25) is 0 Å². The van der Waals surface area contributed by atoms with Gasteiger partial charge in [-0.1, -0.05) is 47.5 Å². The fourth-order valence-electron chi connectivity index (χ4n) is 2.96. The van der Waals surface area contributed by atoms with E-state index in [0.29, 0.717) is 16.7 Å². The van der Waals surface area contributed by atoms with Gasteiger partial charge in [0.05, 0.1) is 23.3 Å². The Kier molecular flexibility index (Phi) is 7.00. The van der Waals surface area contributed by atoms with Crippen LogP contribution in [0.4, 0.5) is 0 Å². The third-order valence-corrected chi connectivity index (χ3v) is 5.11. The largest absolute Gasteiger partial charge is 0.489 e. The van der Waals surface area contributed by atoms with E-state index in [1.165, 1.54) is 5.56 Å². The molecule has 0 unspecified atom stereocenters. The van der Waals surface area contributed by atoms with E-state index >= 15 is 0 Å². The lowest BCUT2D eigenvalue weighted by Crippen LogP contribution is -2.36. The predicted octanol–water partition coefficient (Wildman–Crippen LogP) is 4.84. The normalized spacial score (nSPS) is 15.3. The zero-order chi connectivity index (χ0) is 17.5. The number of ether oxygens (including phenoxy) is 2. The van der Waals surface area contributed by atoms with Crippen LogP contribution in [0.1, 0.15) is 17.5 Å². The SMILES string of the molecule is Clc1ccc(COc2ccccc2CCCN2CCOCC2)cc1Cl. The van der Waals surface area contributed by atoms with Crippen molar-refractivity contribution in [1.82, 2.24) is 4.90 Å². The summed E-state index contributed by atoms with van der Waals surface area (Å²) in [7, 11) is 0. The highest BCUT2D eigenvalue weighted by molar-refractivity contribution is 6.42. The van der Waals surface area contributed by atoms with E-state index in [1.807, 2.05) is 24.3 Å². The molecule has 0 atom stereocenters. The van der Waals surface area contributed by atoms with Gasteiger partial charge in [-0.3, -0.25) is 4.90 Å². The number of aryl methyl sites for hydroxylation is 1. The zero-order valence-electron chi connectivity index (χ0n) is 14.2. The molecule has 2 aromatic carbocycles. The van der Waals surface area contributed by atoms with Gasteiger partial charge in [0.1, 0.15) is 12.4 Å². The van der Waals surface area contributed by atoms with Crippen molar-refractivity contribution >= 4 is 23.2 Å². The molecule has 134 valence electrons.